The molecule has 0 radical (unpaired) electrons. The Morgan fingerprint density at radius 1 is 1.12 bits per heavy atom. The van der Waals surface area contributed by atoms with Crippen LogP contribution in [-0.4, -0.2) is 5.78 Å². The Morgan fingerprint density at radius 3 is 2.24 bits per heavy atom. The van der Waals surface area contributed by atoms with Gasteiger partial charge in [-0.25, -0.2) is 0 Å². The molecule has 17 heavy (non-hydrogen) atoms. The molecule has 0 aromatic heterocycles. The fraction of sp³-hybridized carbons (Fsp3) is 0.938. The number of carbonyl (C=O) groups is 1. The summed E-state index contributed by atoms with van der Waals surface area (Å²) in [5.74, 6) is 2.28. The zero-order valence-corrected chi connectivity index (χ0v) is 11.8. The molecule has 1 heteroatoms. The highest BCUT2D eigenvalue weighted by Gasteiger charge is 2.42. The molecule has 0 aromatic rings. The first kappa shape index (κ1) is 13.1. The van der Waals surface area contributed by atoms with Gasteiger partial charge < -0.3 is 0 Å². The van der Waals surface area contributed by atoms with Crippen LogP contribution >= 0.6 is 0 Å². The van der Waals surface area contributed by atoms with E-state index in [9.17, 15) is 4.79 Å². The van der Waals surface area contributed by atoms with Crippen molar-refractivity contribution in [3.05, 3.63) is 0 Å². The van der Waals surface area contributed by atoms with E-state index in [4.69, 9.17) is 0 Å². The topological polar surface area (TPSA) is 17.1 Å². The number of hydrogen-bond donors (Lipinski definition) is 0. The second-order valence-electron chi connectivity index (χ2n) is 6.96. The van der Waals surface area contributed by atoms with Crippen molar-refractivity contribution in [3.63, 3.8) is 0 Å². The Morgan fingerprint density at radius 2 is 1.76 bits per heavy atom. The van der Waals surface area contributed by atoms with Gasteiger partial charge in [-0.3, -0.25) is 4.79 Å². The summed E-state index contributed by atoms with van der Waals surface area (Å²) < 4.78 is 0. The van der Waals surface area contributed by atoms with Crippen LogP contribution in [0.4, 0.5) is 0 Å². The smallest absolute Gasteiger partial charge is 0.139 e. The van der Waals surface area contributed by atoms with Crippen LogP contribution in [0.25, 0.3) is 0 Å². The lowest BCUT2D eigenvalue weighted by molar-refractivity contribution is -0.130. The average molecular weight is 236 g/mol. The highest BCUT2D eigenvalue weighted by Crippen LogP contribution is 2.46. The van der Waals surface area contributed by atoms with Crippen molar-refractivity contribution in [2.45, 2.75) is 72.1 Å². The summed E-state index contributed by atoms with van der Waals surface area (Å²) in [5.41, 5.74) is 0.276. The van der Waals surface area contributed by atoms with Gasteiger partial charge in [0.1, 0.15) is 5.78 Å². The van der Waals surface area contributed by atoms with Crippen molar-refractivity contribution in [2.24, 2.45) is 23.2 Å². The van der Waals surface area contributed by atoms with Crippen LogP contribution in [0.5, 0.6) is 0 Å². The first-order valence-electron chi connectivity index (χ1n) is 7.58. The molecule has 1 atom stereocenters. The molecule has 0 aliphatic heterocycles. The van der Waals surface area contributed by atoms with E-state index >= 15 is 0 Å². The van der Waals surface area contributed by atoms with Crippen LogP contribution in [0.1, 0.15) is 72.1 Å². The van der Waals surface area contributed by atoms with Gasteiger partial charge in [0, 0.05) is 11.8 Å². The normalized spacial score (nSPS) is 37.0. The van der Waals surface area contributed by atoms with E-state index in [1.54, 1.807) is 0 Å². The lowest BCUT2D eigenvalue weighted by Crippen LogP contribution is -2.33. The Labute approximate surface area is 106 Å². The van der Waals surface area contributed by atoms with E-state index in [2.05, 4.69) is 20.8 Å². The highest BCUT2D eigenvalue weighted by molar-refractivity contribution is 5.84. The third-order valence-electron chi connectivity index (χ3n) is 5.43. The van der Waals surface area contributed by atoms with Gasteiger partial charge >= 0.3 is 0 Å². The summed E-state index contributed by atoms with van der Waals surface area (Å²) in [6, 6.07) is 0. The van der Waals surface area contributed by atoms with Gasteiger partial charge in [-0.2, -0.15) is 0 Å². The molecule has 0 spiro atoms. The number of Topliss-reactive ketones (excluding diaryl/α,β-unsaturated/α-hetero) is 1. The zero-order valence-electron chi connectivity index (χ0n) is 11.8. The van der Waals surface area contributed by atoms with E-state index in [-0.39, 0.29) is 5.41 Å². The minimum Gasteiger partial charge on any atom is -0.299 e. The molecule has 2 aliphatic rings. The molecular formula is C16H28O. The molecule has 1 nitrogen and oxygen atoms in total. The van der Waals surface area contributed by atoms with Crippen molar-refractivity contribution < 1.29 is 4.79 Å². The molecule has 0 N–H and O–H groups in total. The number of rotatable bonds is 3. The fourth-order valence-corrected chi connectivity index (χ4v) is 3.99. The summed E-state index contributed by atoms with van der Waals surface area (Å²) in [6.45, 7) is 6.87. The van der Waals surface area contributed by atoms with Crippen LogP contribution in [0.15, 0.2) is 0 Å². The van der Waals surface area contributed by atoms with Gasteiger partial charge in [-0.1, -0.05) is 33.6 Å². The highest BCUT2D eigenvalue weighted by atomic mass is 16.1. The minimum absolute atomic E-state index is 0.276. The second-order valence-corrected chi connectivity index (χ2v) is 6.96. The minimum atomic E-state index is 0.276. The van der Waals surface area contributed by atoms with Crippen LogP contribution in [0, 0.1) is 23.2 Å². The van der Waals surface area contributed by atoms with E-state index < -0.39 is 0 Å². The van der Waals surface area contributed by atoms with E-state index in [0.717, 1.165) is 12.3 Å². The second kappa shape index (κ2) is 5.12. The van der Waals surface area contributed by atoms with E-state index in [0.29, 0.717) is 17.6 Å². The maximum atomic E-state index is 12.6. The predicted molar refractivity (Wildman–Crippen MR) is 71.9 cm³/mol. The molecule has 2 saturated carbocycles. The van der Waals surface area contributed by atoms with E-state index in [1.807, 2.05) is 0 Å². The van der Waals surface area contributed by atoms with Gasteiger partial charge in [-0.05, 0) is 49.9 Å². The zero-order chi connectivity index (χ0) is 12.5. The Hall–Kier alpha value is -0.330. The molecule has 0 aromatic carbocycles. The monoisotopic (exact) mass is 236 g/mol. The van der Waals surface area contributed by atoms with Crippen LogP contribution in [-0.2, 0) is 4.79 Å². The molecule has 0 saturated heterocycles. The summed E-state index contributed by atoms with van der Waals surface area (Å²) in [6.07, 6.45) is 9.88. The summed E-state index contributed by atoms with van der Waals surface area (Å²) in [5, 5.41) is 0. The van der Waals surface area contributed by atoms with Gasteiger partial charge in [0.25, 0.3) is 0 Å². The molecule has 2 rings (SSSR count). The molecule has 0 amide bonds. The quantitative estimate of drug-likeness (QED) is 0.700. The Balaban J connectivity index is 1.93. The number of ketones is 1. The fourth-order valence-electron chi connectivity index (χ4n) is 3.99. The largest absolute Gasteiger partial charge is 0.299 e. The van der Waals surface area contributed by atoms with Crippen LogP contribution < -0.4 is 0 Å². The SMILES string of the molecule is CCC1CCC(C(=O)C2CCCC2(C)C)CC1. The Bertz CT molecular complexity index is 271. The van der Waals surface area contributed by atoms with Crippen molar-refractivity contribution in [1.82, 2.24) is 0 Å². The van der Waals surface area contributed by atoms with Gasteiger partial charge in [0.2, 0.25) is 0 Å². The van der Waals surface area contributed by atoms with Gasteiger partial charge in [0.15, 0.2) is 0 Å². The Kier molecular flexibility index (Phi) is 3.95. The first-order valence-corrected chi connectivity index (χ1v) is 7.58. The summed E-state index contributed by atoms with van der Waals surface area (Å²) >= 11 is 0. The summed E-state index contributed by atoms with van der Waals surface area (Å²) in [4.78, 5) is 12.6. The molecule has 0 heterocycles. The van der Waals surface area contributed by atoms with Crippen molar-refractivity contribution in [3.8, 4) is 0 Å². The molecule has 0 bridgehead atoms. The molecule has 2 fully saturated rings. The molecule has 2 aliphatic carbocycles. The number of carbonyl (C=O) groups excluding carboxylic acids is 1. The lowest BCUT2D eigenvalue weighted by atomic mass is 9.71. The average Bonchev–Trinajstić information content (AvgIpc) is 2.68. The van der Waals surface area contributed by atoms with Crippen LogP contribution in [0.2, 0.25) is 0 Å². The van der Waals surface area contributed by atoms with Gasteiger partial charge in [-0.15, -0.1) is 0 Å². The maximum absolute atomic E-state index is 12.6. The molecule has 98 valence electrons. The van der Waals surface area contributed by atoms with Crippen molar-refractivity contribution in [1.29, 1.82) is 0 Å². The lowest BCUT2D eigenvalue weighted by Gasteiger charge is -2.33. The molecule has 1 unspecified atom stereocenters. The first-order chi connectivity index (χ1) is 8.04. The van der Waals surface area contributed by atoms with E-state index in [1.165, 1.54) is 44.9 Å². The third kappa shape index (κ3) is 2.74. The van der Waals surface area contributed by atoms with Crippen molar-refractivity contribution in [2.75, 3.05) is 0 Å². The summed E-state index contributed by atoms with van der Waals surface area (Å²) in [7, 11) is 0. The molecular weight excluding hydrogens is 208 g/mol. The van der Waals surface area contributed by atoms with Crippen LogP contribution in [0.3, 0.4) is 0 Å². The van der Waals surface area contributed by atoms with Gasteiger partial charge in [0.05, 0.1) is 0 Å². The maximum Gasteiger partial charge on any atom is 0.139 e. The van der Waals surface area contributed by atoms with Crippen molar-refractivity contribution >= 4 is 5.78 Å². The third-order valence-corrected chi connectivity index (χ3v) is 5.43. The standard InChI is InChI=1S/C16H28O/c1-4-12-7-9-13(10-8-12)15(17)14-6-5-11-16(14,2)3/h12-14H,4-11H2,1-3H3. The predicted octanol–water partition coefficient (Wildman–Crippen LogP) is 4.60. The number of hydrogen-bond acceptors (Lipinski definition) is 1.